The quantitative estimate of drug-likeness (QED) is 0.769. The van der Waals surface area contributed by atoms with Crippen LogP contribution >= 0.6 is 35.8 Å². The Bertz CT molecular complexity index is 667. The van der Waals surface area contributed by atoms with Crippen molar-refractivity contribution in [2.75, 3.05) is 11.1 Å². The summed E-state index contributed by atoms with van der Waals surface area (Å²) in [6.07, 6.45) is 2.55. The highest BCUT2D eigenvalue weighted by molar-refractivity contribution is 7.80. The number of amides is 1. The van der Waals surface area contributed by atoms with E-state index in [9.17, 15) is 4.79 Å². The first-order chi connectivity index (χ1) is 9.54. The molecule has 0 aromatic heterocycles. The summed E-state index contributed by atoms with van der Waals surface area (Å²) in [6.45, 7) is 0. The first-order valence-electron chi connectivity index (χ1n) is 6.06. The van der Waals surface area contributed by atoms with Gasteiger partial charge in [-0.05, 0) is 30.1 Å². The molecular formula is C12H11Cl2N3OS2. The number of hydrogen-bond acceptors (Lipinski definition) is 4. The predicted octanol–water partition coefficient (Wildman–Crippen LogP) is 4.76. The first-order valence-corrected chi connectivity index (χ1v) is 8.17. The predicted molar refractivity (Wildman–Crippen MR) is 86.8 cm³/mol. The molecule has 3 rings (SSSR count). The van der Waals surface area contributed by atoms with E-state index in [-0.39, 0.29) is 11.3 Å². The number of halogens is 2. The fourth-order valence-electron chi connectivity index (χ4n) is 2.08. The van der Waals surface area contributed by atoms with Gasteiger partial charge in [0.2, 0.25) is 5.91 Å². The monoisotopic (exact) mass is 347 g/mol. The third kappa shape index (κ3) is 2.62. The van der Waals surface area contributed by atoms with Crippen LogP contribution in [0.1, 0.15) is 19.3 Å². The third-order valence-corrected chi connectivity index (χ3v) is 5.32. The number of anilines is 1. The molecule has 1 aromatic carbocycles. The summed E-state index contributed by atoms with van der Waals surface area (Å²) in [5.41, 5.74) is 1.65. The summed E-state index contributed by atoms with van der Waals surface area (Å²) in [6, 6.07) is 1.58. The van der Waals surface area contributed by atoms with Crippen LogP contribution in [0.4, 0.5) is 17.1 Å². The van der Waals surface area contributed by atoms with Crippen molar-refractivity contribution in [3.8, 4) is 0 Å². The molecule has 1 aliphatic heterocycles. The first kappa shape index (κ1) is 14.4. The smallest absolute Gasteiger partial charge is 0.225 e. The van der Waals surface area contributed by atoms with E-state index >= 15 is 0 Å². The van der Waals surface area contributed by atoms with Gasteiger partial charge in [-0.25, -0.2) is 0 Å². The minimum absolute atomic E-state index is 0.0610. The summed E-state index contributed by atoms with van der Waals surface area (Å²) >= 11 is 17.5. The molecule has 20 heavy (non-hydrogen) atoms. The molecule has 1 saturated carbocycles. The van der Waals surface area contributed by atoms with Crippen molar-refractivity contribution in [2.45, 2.75) is 19.3 Å². The second kappa shape index (κ2) is 5.33. The second-order valence-electron chi connectivity index (χ2n) is 5.06. The minimum Gasteiger partial charge on any atom is -0.323 e. The third-order valence-electron chi connectivity index (χ3n) is 3.54. The van der Waals surface area contributed by atoms with E-state index in [1.165, 1.54) is 0 Å². The van der Waals surface area contributed by atoms with Crippen LogP contribution in [-0.2, 0) is 16.1 Å². The Morgan fingerprint density at radius 2 is 2.05 bits per heavy atom. The Kier molecular flexibility index (Phi) is 3.83. The number of thiol groups is 1. The van der Waals surface area contributed by atoms with Gasteiger partial charge in [0, 0.05) is 6.42 Å². The largest absolute Gasteiger partial charge is 0.323 e. The topological polar surface area (TPSA) is 53.8 Å². The maximum atomic E-state index is 12.1. The number of carbonyl (C=O) groups is 1. The molecule has 0 atom stereocenters. The molecule has 1 heterocycles. The van der Waals surface area contributed by atoms with Gasteiger partial charge in [-0.2, -0.15) is 21.4 Å². The van der Waals surface area contributed by atoms with E-state index in [4.69, 9.17) is 23.2 Å². The molecule has 1 aromatic rings. The van der Waals surface area contributed by atoms with Crippen molar-refractivity contribution in [3.63, 3.8) is 0 Å². The number of nitrogens with one attached hydrogen (secondary N) is 1. The van der Waals surface area contributed by atoms with Crippen molar-refractivity contribution in [1.82, 2.24) is 0 Å². The highest BCUT2D eigenvalue weighted by Gasteiger charge is 2.43. The van der Waals surface area contributed by atoms with Gasteiger partial charge in [0.05, 0.1) is 27.1 Å². The zero-order valence-electron chi connectivity index (χ0n) is 10.3. The van der Waals surface area contributed by atoms with Crippen LogP contribution in [-0.4, -0.2) is 11.7 Å². The van der Waals surface area contributed by atoms with Crippen molar-refractivity contribution in [3.05, 3.63) is 16.1 Å². The minimum atomic E-state index is -0.0740. The lowest BCUT2D eigenvalue weighted by Gasteiger charge is -2.14. The van der Waals surface area contributed by atoms with Gasteiger partial charge in [0.25, 0.3) is 0 Å². The number of nitrogens with zero attached hydrogens (tertiary/aromatic N) is 2. The summed E-state index contributed by atoms with van der Waals surface area (Å²) in [4.78, 5) is 12.1. The van der Waals surface area contributed by atoms with Gasteiger partial charge in [-0.3, -0.25) is 4.79 Å². The maximum Gasteiger partial charge on any atom is 0.225 e. The fourth-order valence-corrected chi connectivity index (χ4v) is 3.67. The fraction of sp³-hybridized carbons (Fsp3) is 0.417. The van der Waals surface area contributed by atoms with Crippen LogP contribution in [0.5, 0.6) is 0 Å². The normalized spacial score (nSPS) is 17.6. The molecule has 0 saturated heterocycles. The summed E-state index contributed by atoms with van der Waals surface area (Å²) in [7, 11) is 0. The Morgan fingerprint density at radius 1 is 1.35 bits per heavy atom. The van der Waals surface area contributed by atoms with Crippen LogP contribution in [0.2, 0.25) is 10.0 Å². The number of benzene rings is 1. The molecule has 1 aliphatic carbocycles. The number of rotatable bonds is 4. The zero-order valence-corrected chi connectivity index (χ0v) is 13.5. The van der Waals surface area contributed by atoms with Crippen LogP contribution in [0.3, 0.4) is 0 Å². The number of carbonyl (C=O) groups excluding carboxylic acids is 1. The Balaban J connectivity index is 1.83. The molecule has 0 radical (unpaired) electrons. The maximum absolute atomic E-state index is 12.1. The molecule has 0 spiro atoms. The molecule has 4 nitrogen and oxygen atoms in total. The lowest BCUT2D eigenvalue weighted by molar-refractivity contribution is -0.117. The number of fused-ring (bicyclic) bond motifs is 1. The molecule has 2 aliphatic rings. The Hall–Kier alpha value is -0.560. The van der Waals surface area contributed by atoms with E-state index in [1.54, 1.807) is 6.07 Å². The molecule has 1 N–H and O–H groups in total. The van der Waals surface area contributed by atoms with Gasteiger partial charge in [0.15, 0.2) is 0 Å². The standard InChI is InChI=1S/C12H11Cl2N3OS2/c13-6-3-7(14)10-11(17-20-16-10)9(6)15-8(18)4-12(5-19)1-2-12/h3,19H,1-2,4-5H2,(H,15,18). The molecule has 0 unspecified atom stereocenters. The zero-order chi connectivity index (χ0) is 14.3. The van der Waals surface area contributed by atoms with E-state index in [0.29, 0.717) is 33.5 Å². The highest BCUT2D eigenvalue weighted by atomic mass is 35.5. The van der Waals surface area contributed by atoms with Crippen LogP contribution < -0.4 is 5.32 Å². The van der Waals surface area contributed by atoms with Gasteiger partial charge in [-0.1, -0.05) is 23.2 Å². The molecule has 1 amide bonds. The van der Waals surface area contributed by atoms with E-state index < -0.39 is 0 Å². The molecule has 0 bridgehead atoms. The molecule has 106 valence electrons. The van der Waals surface area contributed by atoms with Crippen molar-refractivity contribution < 1.29 is 4.79 Å². The Labute approximate surface area is 135 Å². The average molecular weight is 348 g/mol. The highest BCUT2D eigenvalue weighted by Crippen LogP contribution is 2.51. The van der Waals surface area contributed by atoms with Gasteiger partial charge >= 0.3 is 0 Å². The molecule has 1 fully saturated rings. The van der Waals surface area contributed by atoms with Crippen molar-refractivity contribution in [1.29, 1.82) is 0 Å². The van der Waals surface area contributed by atoms with Crippen molar-refractivity contribution >= 4 is 70.2 Å². The van der Waals surface area contributed by atoms with Gasteiger partial charge in [0.1, 0.15) is 11.4 Å². The summed E-state index contributed by atoms with van der Waals surface area (Å²) in [5, 5.41) is 3.65. The van der Waals surface area contributed by atoms with Crippen molar-refractivity contribution in [2.24, 2.45) is 14.1 Å². The molecular weight excluding hydrogens is 337 g/mol. The van der Waals surface area contributed by atoms with Crippen LogP contribution in [0, 0.1) is 5.41 Å². The SMILES string of the molecule is O=C(CC1(CS)CC1)Nc1c(Cl)cc(Cl)c2c1N=S=N2. The van der Waals surface area contributed by atoms with Crippen LogP contribution in [0.15, 0.2) is 14.8 Å². The van der Waals surface area contributed by atoms with Crippen LogP contribution in [0.25, 0.3) is 0 Å². The lowest BCUT2D eigenvalue weighted by atomic mass is 10.0. The summed E-state index contributed by atoms with van der Waals surface area (Å²) < 4.78 is 8.26. The van der Waals surface area contributed by atoms with E-state index in [1.807, 2.05) is 0 Å². The molecule has 8 heteroatoms. The Morgan fingerprint density at radius 3 is 2.70 bits per heavy atom. The number of hydrogen-bond donors (Lipinski definition) is 2. The summed E-state index contributed by atoms with van der Waals surface area (Å²) in [5.74, 6) is 0.651. The second-order valence-corrected chi connectivity index (χ2v) is 6.72. The average Bonchev–Trinajstić information content (AvgIpc) is 3.00. The van der Waals surface area contributed by atoms with E-state index in [0.717, 1.165) is 29.9 Å². The van der Waals surface area contributed by atoms with Gasteiger partial charge < -0.3 is 5.32 Å². The lowest BCUT2D eigenvalue weighted by Crippen LogP contribution is -2.18. The van der Waals surface area contributed by atoms with E-state index in [2.05, 4.69) is 26.7 Å². The van der Waals surface area contributed by atoms with Gasteiger partial charge in [-0.15, -0.1) is 0 Å².